The van der Waals surface area contributed by atoms with Crippen LogP contribution in [0.1, 0.15) is 13.8 Å². The Morgan fingerprint density at radius 3 is 2.50 bits per heavy atom. The Morgan fingerprint density at radius 2 is 2.07 bits per heavy atom. The SMILES string of the molecule is CCN(CC)CCNc1cc(=S)c1=O. The maximum atomic E-state index is 11.1. The third-order valence-electron chi connectivity index (χ3n) is 2.38. The van der Waals surface area contributed by atoms with E-state index in [0.717, 1.165) is 26.2 Å². The van der Waals surface area contributed by atoms with Gasteiger partial charge in [-0.25, -0.2) is 0 Å². The van der Waals surface area contributed by atoms with Crippen molar-refractivity contribution in [3.05, 3.63) is 20.8 Å². The van der Waals surface area contributed by atoms with Crippen LogP contribution in [0.3, 0.4) is 0 Å². The Kier molecular flexibility index (Phi) is 4.22. The number of likely N-dealkylation sites (N-methyl/N-ethyl adjacent to an activating group) is 1. The summed E-state index contributed by atoms with van der Waals surface area (Å²) in [6.07, 6.45) is 0. The molecule has 4 heteroatoms. The topological polar surface area (TPSA) is 32.3 Å². The summed E-state index contributed by atoms with van der Waals surface area (Å²) in [5.41, 5.74) is 0.654. The zero-order valence-electron chi connectivity index (χ0n) is 8.67. The van der Waals surface area contributed by atoms with E-state index in [1.165, 1.54) is 0 Å². The predicted molar refractivity (Wildman–Crippen MR) is 62.2 cm³/mol. The quantitative estimate of drug-likeness (QED) is 0.723. The number of nitrogens with one attached hydrogen (secondary N) is 1. The maximum absolute atomic E-state index is 11.1. The summed E-state index contributed by atoms with van der Waals surface area (Å²) in [7, 11) is 0. The lowest BCUT2D eigenvalue weighted by Gasteiger charge is -2.18. The van der Waals surface area contributed by atoms with Crippen molar-refractivity contribution >= 4 is 17.9 Å². The largest absolute Gasteiger partial charge is 0.381 e. The van der Waals surface area contributed by atoms with Crippen molar-refractivity contribution in [2.75, 3.05) is 31.5 Å². The minimum Gasteiger partial charge on any atom is -0.381 e. The first-order valence-electron chi connectivity index (χ1n) is 4.95. The van der Waals surface area contributed by atoms with Crippen LogP contribution in [0.15, 0.2) is 10.9 Å². The van der Waals surface area contributed by atoms with Crippen LogP contribution >= 0.6 is 12.2 Å². The van der Waals surface area contributed by atoms with Crippen molar-refractivity contribution in [2.45, 2.75) is 13.8 Å². The third-order valence-corrected chi connectivity index (χ3v) is 2.69. The van der Waals surface area contributed by atoms with E-state index in [1.54, 1.807) is 6.07 Å². The summed E-state index contributed by atoms with van der Waals surface area (Å²) < 4.78 is 0.440. The Hall–Kier alpha value is -0.740. The average molecular weight is 212 g/mol. The molecule has 0 aliphatic carbocycles. The van der Waals surface area contributed by atoms with Gasteiger partial charge in [0, 0.05) is 13.1 Å². The molecule has 0 spiro atoms. The summed E-state index contributed by atoms with van der Waals surface area (Å²) in [5.74, 6) is 0. The van der Waals surface area contributed by atoms with Gasteiger partial charge in [-0.1, -0.05) is 26.1 Å². The zero-order chi connectivity index (χ0) is 10.6. The predicted octanol–water partition coefficient (Wildman–Crippen LogP) is 1.41. The van der Waals surface area contributed by atoms with Crippen molar-refractivity contribution in [3.8, 4) is 0 Å². The molecule has 78 valence electrons. The van der Waals surface area contributed by atoms with Gasteiger partial charge in [0.25, 0.3) is 0 Å². The molecular formula is C10H16N2OS. The molecule has 0 heterocycles. The molecule has 0 aliphatic rings. The third kappa shape index (κ3) is 2.62. The molecule has 0 unspecified atom stereocenters. The van der Waals surface area contributed by atoms with E-state index in [-0.39, 0.29) is 5.43 Å². The first-order valence-corrected chi connectivity index (χ1v) is 5.36. The highest BCUT2D eigenvalue weighted by molar-refractivity contribution is 7.71. The molecule has 3 nitrogen and oxygen atoms in total. The number of anilines is 1. The number of rotatable bonds is 6. The van der Waals surface area contributed by atoms with Crippen LogP contribution < -0.4 is 10.7 Å². The van der Waals surface area contributed by atoms with Crippen LogP contribution in [-0.2, 0) is 0 Å². The minimum atomic E-state index is -0.0143. The van der Waals surface area contributed by atoms with Crippen molar-refractivity contribution in [2.24, 2.45) is 0 Å². The summed E-state index contributed by atoms with van der Waals surface area (Å²) in [6, 6.07) is 1.72. The lowest BCUT2D eigenvalue weighted by molar-refractivity contribution is 0.316. The first-order chi connectivity index (χ1) is 6.69. The molecule has 0 fully saturated rings. The van der Waals surface area contributed by atoms with E-state index in [0.29, 0.717) is 10.2 Å². The molecule has 0 amide bonds. The maximum Gasteiger partial charge on any atom is 0.219 e. The molecular weight excluding hydrogens is 196 g/mol. The molecule has 0 atom stereocenters. The van der Waals surface area contributed by atoms with Crippen LogP contribution in [-0.4, -0.2) is 31.1 Å². The Bertz CT molecular complexity index is 351. The van der Waals surface area contributed by atoms with E-state index in [2.05, 4.69) is 24.1 Å². The highest BCUT2D eigenvalue weighted by Crippen LogP contribution is 2.02. The van der Waals surface area contributed by atoms with Crippen LogP contribution in [0.2, 0.25) is 0 Å². The number of nitrogens with zero attached hydrogens (tertiary/aromatic N) is 1. The minimum absolute atomic E-state index is 0.0143. The highest BCUT2D eigenvalue weighted by atomic mass is 32.1. The van der Waals surface area contributed by atoms with Gasteiger partial charge in [0.2, 0.25) is 5.43 Å². The second-order valence-corrected chi connectivity index (χ2v) is 3.64. The molecule has 0 aromatic heterocycles. The highest BCUT2D eigenvalue weighted by Gasteiger charge is 2.05. The van der Waals surface area contributed by atoms with Gasteiger partial charge in [-0.2, -0.15) is 0 Å². The van der Waals surface area contributed by atoms with Crippen LogP contribution in [0, 0.1) is 4.51 Å². The monoisotopic (exact) mass is 212 g/mol. The van der Waals surface area contributed by atoms with E-state index < -0.39 is 0 Å². The van der Waals surface area contributed by atoms with Crippen LogP contribution in [0.5, 0.6) is 0 Å². The molecule has 0 radical (unpaired) electrons. The van der Waals surface area contributed by atoms with Crippen molar-refractivity contribution < 1.29 is 0 Å². The Morgan fingerprint density at radius 1 is 1.43 bits per heavy atom. The van der Waals surface area contributed by atoms with Crippen LogP contribution in [0.25, 0.3) is 0 Å². The smallest absolute Gasteiger partial charge is 0.219 e. The molecule has 1 N–H and O–H groups in total. The number of hydrogen-bond acceptors (Lipinski definition) is 4. The first kappa shape index (κ1) is 11.3. The fourth-order valence-electron chi connectivity index (χ4n) is 1.34. The second kappa shape index (κ2) is 5.22. The molecule has 0 saturated carbocycles. The van der Waals surface area contributed by atoms with Gasteiger partial charge in [0.05, 0.1) is 10.2 Å². The standard InChI is InChI=1S/C10H16N2OS/c1-3-12(4-2)6-5-11-8-7-9(14)10(8)13/h7,11H,3-6H2,1-2H3. The Labute approximate surface area is 89.4 Å². The summed E-state index contributed by atoms with van der Waals surface area (Å²) in [5, 5.41) is 3.08. The fourth-order valence-corrected chi connectivity index (χ4v) is 1.56. The van der Waals surface area contributed by atoms with Crippen molar-refractivity contribution in [1.82, 2.24) is 4.90 Å². The summed E-state index contributed by atoms with van der Waals surface area (Å²) in [6.45, 7) is 8.12. The van der Waals surface area contributed by atoms with Gasteiger partial charge in [0.15, 0.2) is 0 Å². The molecule has 0 saturated heterocycles. The van der Waals surface area contributed by atoms with Gasteiger partial charge in [-0.3, -0.25) is 4.79 Å². The Balaban J connectivity index is 2.26. The van der Waals surface area contributed by atoms with E-state index in [1.807, 2.05) is 0 Å². The molecule has 0 bridgehead atoms. The van der Waals surface area contributed by atoms with Crippen molar-refractivity contribution in [3.63, 3.8) is 0 Å². The van der Waals surface area contributed by atoms with Gasteiger partial charge in [-0.15, -0.1) is 0 Å². The number of hydrogen-bond donors (Lipinski definition) is 1. The fraction of sp³-hybridized carbons (Fsp3) is 0.600. The molecule has 1 rings (SSSR count). The second-order valence-electron chi connectivity index (χ2n) is 3.21. The van der Waals surface area contributed by atoms with Gasteiger partial charge >= 0.3 is 0 Å². The normalized spacial score (nSPS) is 11.1. The van der Waals surface area contributed by atoms with Crippen LogP contribution in [0.4, 0.5) is 5.69 Å². The van der Waals surface area contributed by atoms with E-state index in [9.17, 15) is 4.79 Å². The molecule has 0 aliphatic heterocycles. The van der Waals surface area contributed by atoms with Crippen molar-refractivity contribution in [1.29, 1.82) is 0 Å². The molecule has 1 aromatic carbocycles. The zero-order valence-corrected chi connectivity index (χ0v) is 9.49. The molecule has 14 heavy (non-hydrogen) atoms. The van der Waals surface area contributed by atoms with Gasteiger partial charge in [0.1, 0.15) is 0 Å². The summed E-state index contributed by atoms with van der Waals surface area (Å²) >= 11 is 4.75. The average Bonchev–Trinajstić information content (AvgIpc) is 2.22. The van der Waals surface area contributed by atoms with E-state index >= 15 is 0 Å². The van der Waals surface area contributed by atoms with Gasteiger partial charge < -0.3 is 10.2 Å². The summed E-state index contributed by atoms with van der Waals surface area (Å²) in [4.78, 5) is 13.4. The van der Waals surface area contributed by atoms with Gasteiger partial charge in [-0.05, 0) is 19.2 Å². The molecule has 1 aromatic rings. The lowest BCUT2D eigenvalue weighted by Crippen LogP contribution is -2.30. The lowest BCUT2D eigenvalue weighted by atomic mass is 10.2. The van der Waals surface area contributed by atoms with E-state index in [4.69, 9.17) is 12.2 Å².